The molecule has 3 nitrogen and oxygen atoms in total. The van der Waals surface area contributed by atoms with Crippen molar-refractivity contribution in [2.75, 3.05) is 0 Å². The molecule has 0 unspecified atom stereocenters. The maximum absolute atomic E-state index is 13.8. The third kappa shape index (κ3) is 3.51. The predicted molar refractivity (Wildman–Crippen MR) is 109 cm³/mol. The van der Waals surface area contributed by atoms with Gasteiger partial charge < -0.3 is 9.73 Å². The number of carbonyl (C=O) groups excluding carboxylic acids is 1. The van der Waals surface area contributed by atoms with E-state index in [-0.39, 0.29) is 18.1 Å². The van der Waals surface area contributed by atoms with Crippen molar-refractivity contribution in [1.82, 2.24) is 5.32 Å². The van der Waals surface area contributed by atoms with Crippen LogP contribution in [-0.2, 0) is 6.54 Å². The Bertz CT molecular complexity index is 1170. The standard InChI is InChI=1S/C23H17ClFNO2/c1-14-6-11-20-18(12-14)21(15-7-9-17(24)10-8-15)22(28-20)23(27)26-13-16-4-2-3-5-19(16)25/h2-12H,13H2,1H3,(H,26,27). The molecule has 0 fully saturated rings. The Morgan fingerprint density at radius 1 is 1.07 bits per heavy atom. The maximum atomic E-state index is 13.8. The van der Waals surface area contributed by atoms with Crippen molar-refractivity contribution in [3.63, 3.8) is 0 Å². The smallest absolute Gasteiger partial charge is 0.287 e. The summed E-state index contributed by atoms with van der Waals surface area (Å²) in [5, 5.41) is 4.21. The third-order valence-electron chi connectivity index (χ3n) is 4.58. The Hall–Kier alpha value is -3.11. The molecule has 3 aromatic carbocycles. The zero-order chi connectivity index (χ0) is 19.7. The number of furan rings is 1. The lowest BCUT2D eigenvalue weighted by Crippen LogP contribution is -2.23. The summed E-state index contributed by atoms with van der Waals surface area (Å²) in [6, 6.07) is 19.3. The van der Waals surface area contributed by atoms with Crippen LogP contribution in [0.4, 0.5) is 4.39 Å². The molecule has 4 rings (SSSR count). The fourth-order valence-electron chi connectivity index (χ4n) is 3.17. The lowest BCUT2D eigenvalue weighted by Gasteiger charge is -2.07. The van der Waals surface area contributed by atoms with Gasteiger partial charge in [0.1, 0.15) is 11.4 Å². The number of rotatable bonds is 4. The first-order chi connectivity index (χ1) is 13.5. The van der Waals surface area contributed by atoms with E-state index >= 15 is 0 Å². The second-order valence-electron chi connectivity index (χ2n) is 6.59. The van der Waals surface area contributed by atoms with Gasteiger partial charge >= 0.3 is 0 Å². The van der Waals surface area contributed by atoms with E-state index in [4.69, 9.17) is 16.0 Å². The number of carbonyl (C=O) groups is 1. The minimum absolute atomic E-state index is 0.0711. The van der Waals surface area contributed by atoms with Gasteiger partial charge in [0.15, 0.2) is 0 Å². The summed E-state index contributed by atoms with van der Waals surface area (Å²) < 4.78 is 19.7. The average Bonchev–Trinajstić information content (AvgIpc) is 3.06. The topological polar surface area (TPSA) is 42.2 Å². The lowest BCUT2D eigenvalue weighted by molar-refractivity contribution is 0.0926. The van der Waals surface area contributed by atoms with Gasteiger partial charge in [0, 0.05) is 28.1 Å². The molecule has 0 aliphatic heterocycles. The van der Waals surface area contributed by atoms with Gasteiger partial charge in [-0.25, -0.2) is 4.39 Å². The third-order valence-corrected chi connectivity index (χ3v) is 4.83. The molecule has 1 aromatic heterocycles. The molecule has 0 spiro atoms. The molecule has 1 heterocycles. The van der Waals surface area contributed by atoms with E-state index in [1.165, 1.54) is 6.07 Å². The molecule has 5 heteroatoms. The SMILES string of the molecule is Cc1ccc2oc(C(=O)NCc3ccccc3F)c(-c3ccc(Cl)cc3)c2c1. The van der Waals surface area contributed by atoms with Crippen molar-refractivity contribution in [2.45, 2.75) is 13.5 Å². The summed E-state index contributed by atoms with van der Waals surface area (Å²) in [5.41, 5.74) is 3.61. The molecule has 0 bridgehead atoms. The lowest BCUT2D eigenvalue weighted by atomic mass is 10.0. The second kappa shape index (κ2) is 7.49. The fourth-order valence-corrected chi connectivity index (χ4v) is 3.30. The van der Waals surface area contributed by atoms with E-state index in [2.05, 4.69) is 5.32 Å². The first-order valence-corrected chi connectivity index (χ1v) is 9.21. The van der Waals surface area contributed by atoms with Gasteiger partial charge in [-0.3, -0.25) is 4.79 Å². The Labute approximate surface area is 166 Å². The van der Waals surface area contributed by atoms with Crippen molar-refractivity contribution >= 4 is 28.5 Å². The number of amides is 1. The highest BCUT2D eigenvalue weighted by molar-refractivity contribution is 6.30. The van der Waals surface area contributed by atoms with Crippen LogP contribution in [-0.4, -0.2) is 5.91 Å². The van der Waals surface area contributed by atoms with E-state index in [1.54, 1.807) is 30.3 Å². The highest BCUT2D eigenvalue weighted by atomic mass is 35.5. The van der Waals surface area contributed by atoms with E-state index in [9.17, 15) is 9.18 Å². The number of hydrogen-bond donors (Lipinski definition) is 1. The van der Waals surface area contributed by atoms with Crippen LogP contribution in [0.1, 0.15) is 21.7 Å². The molecular formula is C23H17ClFNO2. The van der Waals surface area contributed by atoms with Gasteiger partial charge in [-0.2, -0.15) is 0 Å². The predicted octanol–water partition coefficient (Wildman–Crippen LogP) is 6.13. The number of aryl methyl sites for hydroxylation is 1. The van der Waals surface area contributed by atoms with Crippen LogP contribution in [0.15, 0.2) is 71.1 Å². The molecule has 0 atom stereocenters. The van der Waals surface area contributed by atoms with Crippen molar-refractivity contribution in [1.29, 1.82) is 0 Å². The summed E-state index contributed by atoms with van der Waals surface area (Å²) in [4.78, 5) is 12.9. The Kier molecular flexibility index (Phi) is 4.88. The van der Waals surface area contributed by atoms with Gasteiger partial charge in [-0.05, 0) is 42.8 Å². The molecule has 0 saturated carbocycles. The molecule has 1 amide bonds. The summed E-state index contributed by atoms with van der Waals surface area (Å²) in [5.74, 6) is -0.567. The summed E-state index contributed by atoms with van der Waals surface area (Å²) in [6.45, 7) is 2.05. The van der Waals surface area contributed by atoms with Gasteiger partial charge in [0.05, 0.1) is 0 Å². The molecule has 0 aliphatic carbocycles. The molecule has 140 valence electrons. The van der Waals surface area contributed by atoms with Crippen LogP contribution in [0.2, 0.25) is 5.02 Å². The molecule has 0 aliphatic rings. The quantitative estimate of drug-likeness (QED) is 0.453. The highest BCUT2D eigenvalue weighted by Crippen LogP contribution is 2.36. The summed E-state index contributed by atoms with van der Waals surface area (Å²) in [6.07, 6.45) is 0. The van der Waals surface area contributed by atoms with Gasteiger partial charge in [0.2, 0.25) is 5.76 Å². The zero-order valence-corrected chi connectivity index (χ0v) is 15.9. The van der Waals surface area contributed by atoms with E-state index in [0.717, 1.165) is 16.5 Å². The van der Waals surface area contributed by atoms with Crippen LogP contribution in [0, 0.1) is 12.7 Å². The average molecular weight is 394 g/mol. The van der Waals surface area contributed by atoms with Gasteiger partial charge in [-0.15, -0.1) is 0 Å². The maximum Gasteiger partial charge on any atom is 0.287 e. The van der Waals surface area contributed by atoms with Gasteiger partial charge in [0.25, 0.3) is 5.91 Å². The van der Waals surface area contributed by atoms with E-state index in [0.29, 0.717) is 21.7 Å². The number of benzene rings is 3. The van der Waals surface area contributed by atoms with Crippen LogP contribution >= 0.6 is 11.6 Å². The molecule has 0 saturated heterocycles. The first-order valence-electron chi connectivity index (χ1n) is 8.83. The molecule has 1 N–H and O–H groups in total. The molecular weight excluding hydrogens is 377 g/mol. The van der Waals surface area contributed by atoms with Crippen LogP contribution < -0.4 is 5.32 Å². The summed E-state index contributed by atoms with van der Waals surface area (Å²) in [7, 11) is 0. The second-order valence-corrected chi connectivity index (χ2v) is 7.02. The fraction of sp³-hybridized carbons (Fsp3) is 0.0870. The number of fused-ring (bicyclic) bond motifs is 1. The Morgan fingerprint density at radius 3 is 2.57 bits per heavy atom. The Balaban J connectivity index is 1.75. The number of hydrogen-bond acceptors (Lipinski definition) is 2. The molecule has 28 heavy (non-hydrogen) atoms. The van der Waals surface area contributed by atoms with Crippen molar-refractivity contribution in [3.05, 3.63) is 94.5 Å². The largest absolute Gasteiger partial charge is 0.450 e. The minimum Gasteiger partial charge on any atom is -0.450 e. The minimum atomic E-state index is -0.401. The van der Waals surface area contributed by atoms with Crippen LogP contribution in [0.3, 0.4) is 0 Å². The highest BCUT2D eigenvalue weighted by Gasteiger charge is 2.22. The summed E-state index contributed by atoms with van der Waals surface area (Å²) >= 11 is 6.01. The van der Waals surface area contributed by atoms with E-state index in [1.807, 2.05) is 37.3 Å². The van der Waals surface area contributed by atoms with Crippen molar-refractivity contribution in [3.8, 4) is 11.1 Å². The zero-order valence-electron chi connectivity index (χ0n) is 15.1. The number of halogens is 2. The van der Waals surface area contributed by atoms with Crippen molar-refractivity contribution in [2.24, 2.45) is 0 Å². The van der Waals surface area contributed by atoms with E-state index < -0.39 is 5.91 Å². The number of nitrogens with one attached hydrogen (secondary N) is 1. The molecule has 0 radical (unpaired) electrons. The normalized spacial score (nSPS) is 11.0. The van der Waals surface area contributed by atoms with Crippen LogP contribution in [0.5, 0.6) is 0 Å². The first kappa shape index (κ1) is 18.3. The monoisotopic (exact) mass is 393 g/mol. The van der Waals surface area contributed by atoms with Crippen molar-refractivity contribution < 1.29 is 13.6 Å². The Morgan fingerprint density at radius 2 is 1.82 bits per heavy atom. The van der Waals surface area contributed by atoms with Gasteiger partial charge in [-0.1, -0.05) is 53.6 Å². The molecule has 4 aromatic rings. The van der Waals surface area contributed by atoms with Crippen LogP contribution in [0.25, 0.3) is 22.1 Å².